The van der Waals surface area contributed by atoms with Crippen LogP contribution in [0.5, 0.6) is 5.75 Å². The van der Waals surface area contributed by atoms with Crippen molar-refractivity contribution in [1.82, 2.24) is 5.32 Å². The Labute approximate surface area is 174 Å². The normalized spacial score (nSPS) is 12.4. The van der Waals surface area contributed by atoms with Crippen molar-refractivity contribution in [3.05, 3.63) is 94.8 Å². The van der Waals surface area contributed by atoms with Gasteiger partial charge in [0.15, 0.2) is 0 Å². The second kappa shape index (κ2) is 8.37. The van der Waals surface area contributed by atoms with E-state index in [2.05, 4.69) is 5.32 Å². The molecule has 0 aliphatic carbocycles. The van der Waals surface area contributed by atoms with E-state index >= 15 is 0 Å². The standard InChI is InChI=1S/C24H21FN2O3/c1-30-21-4-2-3-16(13-21)15-26-23(28)19-6-5-17-11-12-27(22(17)14-19)24(29)18-7-9-20(25)10-8-18/h2-10,13-14H,11-12,15H2,1H3,(H,26,28). The molecule has 1 N–H and O–H groups in total. The number of hydrogen-bond donors (Lipinski definition) is 1. The van der Waals surface area contributed by atoms with Gasteiger partial charge < -0.3 is 15.0 Å². The first-order valence-electron chi connectivity index (χ1n) is 9.66. The first kappa shape index (κ1) is 19.6. The minimum atomic E-state index is -0.386. The van der Waals surface area contributed by atoms with E-state index in [0.717, 1.165) is 22.6 Å². The Morgan fingerprint density at radius 3 is 2.57 bits per heavy atom. The predicted octanol–water partition coefficient (Wildman–Crippen LogP) is 3.97. The Kier molecular flexibility index (Phi) is 5.48. The van der Waals surface area contributed by atoms with Crippen molar-refractivity contribution in [3.8, 4) is 5.75 Å². The van der Waals surface area contributed by atoms with Crippen LogP contribution in [0.3, 0.4) is 0 Å². The van der Waals surface area contributed by atoms with Gasteiger partial charge in [-0.1, -0.05) is 18.2 Å². The number of amides is 2. The molecule has 0 saturated heterocycles. The van der Waals surface area contributed by atoms with Gasteiger partial charge in [0.1, 0.15) is 11.6 Å². The molecular weight excluding hydrogens is 383 g/mol. The molecule has 3 aromatic carbocycles. The lowest BCUT2D eigenvalue weighted by molar-refractivity contribution is 0.0948. The number of nitrogens with zero attached hydrogens (tertiary/aromatic N) is 1. The second-order valence-corrected chi connectivity index (χ2v) is 7.09. The number of carbonyl (C=O) groups excluding carboxylic acids is 2. The van der Waals surface area contributed by atoms with Crippen LogP contribution in [0.15, 0.2) is 66.7 Å². The van der Waals surface area contributed by atoms with E-state index in [0.29, 0.717) is 30.6 Å². The first-order valence-corrected chi connectivity index (χ1v) is 9.66. The fourth-order valence-corrected chi connectivity index (χ4v) is 3.55. The lowest BCUT2D eigenvalue weighted by atomic mass is 10.1. The van der Waals surface area contributed by atoms with Crippen molar-refractivity contribution < 1.29 is 18.7 Å². The number of fused-ring (bicyclic) bond motifs is 1. The van der Waals surface area contributed by atoms with Gasteiger partial charge in [-0.15, -0.1) is 0 Å². The zero-order chi connectivity index (χ0) is 21.1. The van der Waals surface area contributed by atoms with Crippen molar-refractivity contribution >= 4 is 17.5 Å². The third-order valence-corrected chi connectivity index (χ3v) is 5.17. The summed E-state index contributed by atoms with van der Waals surface area (Å²) in [5, 5.41) is 2.90. The Bertz CT molecular complexity index is 1100. The van der Waals surface area contributed by atoms with Crippen molar-refractivity contribution in [3.63, 3.8) is 0 Å². The molecule has 0 aromatic heterocycles. The Morgan fingerprint density at radius 1 is 1.03 bits per heavy atom. The quantitative estimate of drug-likeness (QED) is 0.700. The second-order valence-electron chi connectivity index (χ2n) is 7.09. The predicted molar refractivity (Wildman–Crippen MR) is 112 cm³/mol. The van der Waals surface area contributed by atoms with Gasteiger partial charge in [0.05, 0.1) is 7.11 Å². The molecule has 2 amide bonds. The minimum Gasteiger partial charge on any atom is -0.497 e. The van der Waals surface area contributed by atoms with Crippen LogP contribution in [0.2, 0.25) is 0 Å². The largest absolute Gasteiger partial charge is 0.497 e. The van der Waals surface area contributed by atoms with Gasteiger partial charge in [0.2, 0.25) is 0 Å². The molecule has 1 heterocycles. The molecule has 4 rings (SSSR count). The van der Waals surface area contributed by atoms with Crippen LogP contribution >= 0.6 is 0 Å². The number of carbonyl (C=O) groups is 2. The van der Waals surface area contributed by atoms with Crippen molar-refractivity contribution in [2.24, 2.45) is 0 Å². The van der Waals surface area contributed by atoms with Crippen LogP contribution in [-0.2, 0) is 13.0 Å². The number of ether oxygens (including phenoxy) is 1. The molecule has 30 heavy (non-hydrogen) atoms. The monoisotopic (exact) mass is 404 g/mol. The van der Waals surface area contributed by atoms with E-state index in [1.165, 1.54) is 24.3 Å². The number of methoxy groups -OCH3 is 1. The summed E-state index contributed by atoms with van der Waals surface area (Å²) in [6.45, 7) is 0.895. The third kappa shape index (κ3) is 4.03. The molecule has 0 bridgehead atoms. The summed E-state index contributed by atoms with van der Waals surface area (Å²) in [5.74, 6) is -0.0815. The number of benzene rings is 3. The minimum absolute atomic E-state index is 0.206. The third-order valence-electron chi connectivity index (χ3n) is 5.17. The molecule has 6 heteroatoms. The van der Waals surface area contributed by atoms with Crippen molar-refractivity contribution in [2.45, 2.75) is 13.0 Å². The SMILES string of the molecule is COc1cccc(CNC(=O)c2ccc3c(c2)N(C(=O)c2ccc(F)cc2)CC3)c1. The summed E-state index contributed by atoms with van der Waals surface area (Å²) in [6, 6.07) is 18.4. The number of halogens is 1. The summed E-state index contributed by atoms with van der Waals surface area (Å²) < 4.78 is 18.4. The summed E-state index contributed by atoms with van der Waals surface area (Å²) >= 11 is 0. The zero-order valence-corrected chi connectivity index (χ0v) is 16.5. The van der Waals surface area contributed by atoms with E-state index in [1.807, 2.05) is 30.3 Å². The average molecular weight is 404 g/mol. The molecule has 1 aliphatic rings. The van der Waals surface area contributed by atoms with Gasteiger partial charge in [-0.2, -0.15) is 0 Å². The Balaban J connectivity index is 1.50. The van der Waals surface area contributed by atoms with Crippen LogP contribution in [0.25, 0.3) is 0 Å². The van der Waals surface area contributed by atoms with Crippen molar-refractivity contribution in [1.29, 1.82) is 0 Å². The first-order chi connectivity index (χ1) is 14.5. The molecule has 0 unspecified atom stereocenters. The maximum absolute atomic E-state index is 13.2. The molecule has 152 valence electrons. The molecule has 1 aliphatic heterocycles. The molecule has 0 saturated carbocycles. The van der Waals surface area contributed by atoms with Gasteiger partial charge in [-0.05, 0) is 66.1 Å². The molecule has 3 aromatic rings. The maximum atomic E-state index is 13.2. The maximum Gasteiger partial charge on any atom is 0.258 e. The van der Waals surface area contributed by atoms with E-state index < -0.39 is 0 Å². The topological polar surface area (TPSA) is 58.6 Å². The van der Waals surface area contributed by atoms with E-state index in [4.69, 9.17) is 4.74 Å². The molecule has 5 nitrogen and oxygen atoms in total. The lowest BCUT2D eigenvalue weighted by Crippen LogP contribution is -2.29. The molecular formula is C24H21FN2O3. The van der Waals surface area contributed by atoms with Crippen LogP contribution in [0, 0.1) is 5.82 Å². The van der Waals surface area contributed by atoms with Crippen LogP contribution < -0.4 is 15.0 Å². The van der Waals surface area contributed by atoms with E-state index in [9.17, 15) is 14.0 Å². The van der Waals surface area contributed by atoms with Crippen molar-refractivity contribution in [2.75, 3.05) is 18.6 Å². The number of anilines is 1. The highest BCUT2D eigenvalue weighted by Crippen LogP contribution is 2.30. The highest BCUT2D eigenvalue weighted by molar-refractivity contribution is 6.08. The summed E-state index contributed by atoms with van der Waals surface area (Å²) in [6.07, 6.45) is 0.716. The van der Waals surface area contributed by atoms with E-state index in [1.54, 1.807) is 24.1 Å². The summed E-state index contributed by atoms with van der Waals surface area (Å²) in [4.78, 5) is 27.2. The molecule has 0 spiro atoms. The smallest absolute Gasteiger partial charge is 0.258 e. The number of rotatable bonds is 5. The summed E-state index contributed by atoms with van der Waals surface area (Å²) in [7, 11) is 1.60. The lowest BCUT2D eigenvalue weighted by Gasteiger charge is -2.18. The number of nitrogens with one attached hydrogen (secondary N) is 1. The Morgan fingerprint density at radius 2 is 1.80 bits per heavy atom. The van der Waals surface area contributed by atoms with Gasteiger partial charge in [0.25, 0.3) is 11.8 Å². The zero-order valence-electron chi connectivity index (χ0n) is 16.5. The van der Waals surface area contributed by atoms with Gasteiger partial charge in [0, 0.05) is 29.9 Å². The van der Waals surface area contributed by atoms with Gasteiger partial charge in [-0.3, -0.25) is 9.59 Å². The van der Waals surface area contributed by atoms with Crippen LogP contribution in [-0.4, -0.2) is 25.5 Å². The fourth-order valence-electron chi connectivity index (χ4n) is 3.55. The highest BCUT2D eigenvalue weighted by atomic mass is 19.1. The fraction of sp³-hybridized carbons (Fsp3) is 0.167. The van der Waals surface area contributed by atoms with Crippen LogP contribution in [0.1, 0.15) is 31.8 Å². The van der Waals surface area contributed by atoms with E-state index in [-0.39, 0.29) is 17.6 Å². The van der Waals surface area contributed by atoms with Crippen LogP contribution in [0.4, 0.5) is 10.1 Å². The Hall–Kier alpha value is -3.67. The average Bonchev–Trinajstić information content (AvgIpc) is 3.21. The molecule has 0 fully saturated rings. The highest BCUT2D eigenvalue weighted by Gasteiger charge is 2.26. The molecule has 0 atom stereocenters. The van der Waals surface area contributed by atoms with Gasteiger partial charge in [-0.25, -0.2) is 4.39 Å². The van der Waals surface area contributed by atoms with Gasteiger partial charge >= 0.3 is 0 Å². The summed E-state index contributed by atoms with van der Waals surface area (Å²) in [5.41, 5.74) is 3.55. The number of hydrogen-bond acceptors (Lipinski definition) is 3. The molecule has 0 radical (unpaired) electrons.